The van der Waals surface area contributed by atoms with E-state index in [1.165, 1.54) is 218 Å². The maximum absolute atomic E-state index is 5.83. The first-order valence-electron chi connectivity index (χ1n) is 21.3. The Morgan fingerprint density at radius 1 is 0.370 bits per heavy atom. The normalized spacial score (nSPS) is 12.5. The van der Waals surface area contributed by atoms with E-state index in [1.54, 1.807) is 0 Å². The Morgan fingerprint density at radius 3 is 0.913 bits per heavy atom. The van der Waals surface area contributed by atoms with E-state index < -0.39 is 0 Å². The fourth-order valence-electron chi connectivity index (χ4n) is 7.22. The van der Waals surface area contributed by atoms with Gasteiger partial charge in [-0.15, -0.1) is 0 Å². The topological polar surface area (TPSA) is 29.3 Å². The molecule has 0 aromatic heterocycles. The summed E-state index contributed by atoms with van der Waals surface area (Å²) in [6, 6.07) is 0. The van der Waals surface area contributed by atoms with E-state index in [0.29, 0.717) is 5.54 Å². The molecule has 0 aromatic rings. The monoisotopic (exact) mass is 645 g/mol. The Labute approximate surface area is 292 Å². The highest BCUT2D eigenvalue weighted by molar-refractivity contribution is 4.88. The van der Waals surface area contributed by atoms with Crippen LogP contribution < -0.4 is 5.73 Å². The van der Waals surface area contributed by atoms with Gasteiger partial charge in [-0.1, -0.05) is 179 Å². The largest absolute Gasteiger partial charge is 0.330 e. The lowest BCUT2D eigenvalue weighted by Gasteiger charge is -2.41. The van der Waals surface area contributed by atoms with Crippen LogP contribution in [0.4, 0.5) is 0 Å². The summed E-state index contributed by atoms with van der Waals surface area (Å²) in [5.41, 5.74) is 6.22. The molecule has 0 rings (SSSR count). The van der Waals surface area contributed by atoms with E-state index >= 15 is 0 Å². The van der Waals surface area contributed by atoms with Crippen molar-refractivity contribution in [1.29, 1.82) is 0 Å². The Balaban J connectivity index is 4.10. The minimum Gasteiger partial charge on any atom is -0.330 e. The number of hydrogen-bond acceptors (Lipinski definition) is 2. The van der Waals surface area contributed by atoms with E-state index in [9.17, 15) is 0 Å². The van der Waals surface area contributed by atoms with Crippen LogP contribution in [0.5, 0.6) is 0 Å². The SMILES string of the molecule is CCCCCCCC/C=C\CCCCCCCCC(CCCCCN)(CCCCCCCC/C=C\CCCCCCCC)N(C)C. The fraction of sp³-hybridized carbons (Fsp3) is 0.909. The third kappa shape index (κ3) is 30.7. The first kappa shape index (κ1) is 45.4. The lowest BCUT2D eigenvalue weighted by Crippen LogP contribution is -2.44. The molecule has 0 heterocycles. The number of hydrogen-bond donors (Lipinski definition) is 1. The maximum Gasteiger partial charge on any atom is 0.0203 e. The van der Waals surface area contributed by atoms with Crippen LogP contribution in [0.3, 0.4) is 0 Å². The molecule has 0 aliphatic carbocycles. The molecular formula is C44H88N2. The zero-order valence-corrected chi connectivity index (χ0v) is 32.6. The van der Waals surface area contributed by atoms with Gasteiger partial charge >= 0.3 is 0 Å². The number of allylic oxidation sites excluding steroid dienone is 4. The third-order valence-electron chi connectivity index (χ3n) is 10.6. The summed E-state index contributed by atoms with van der Waals surface area (Å²) in [7, 11) is 4.73. The van der Waals surface area contributed by atoms with Gasteiger partial charge in [0.2, 0.25) is 0 Å². The van der Waals surface area contributed by atoms with Crippen molar-refractivity contribution in [2.45, 2.75) is 238 Å². The Kier molecular flexibility index (Phi) is 36.7. The Morgan fingerprint density at radius 2 is 0.630 bits per heavy atom. The molecule has 2 N–H and O–H groups in total. The van der Waals surface area contributed by atoms with Gasteiger partial charge in [-0.3, -0.25) is 0 Å². The van der Waals surface area contributed by atoms with Crippen LogP contribution in [-0.2, 0) is 0 Å². The molecule has 274 valence electrons. The van der Waals surface area contributed by atoms with Crippen molar-refractivity contribution in [2.24, 2.45) is 5.73 Å². The zero-order chi connectivity index (χ0) is 33.7. The molecule has 0 saturated carbocycles. The average molecular weight is 645 g/mol. The zero-order valence-electron chi connectivity index (χ0n) is 32.6. The summed E-state index contributed by atoms with van der Waals surface area (Å²) >= 11 is 0. The second kappa shape index (κ2) is 37.2. The summed E-state index contributed by atoms with van der Waals surface area (Å²) in [6.07, 6.45) is 56.7. The van der Waals surface area contributed by atoms with Crippen molar-refractivity contribution in [1.82, 2.24) is 4.90 Å². The molecule has 0 unspecified atom stereocenters. The number of nitrogens with zero attached hydrogens (tertiary/aromatic N) is 1. The second-order valence-electron chi connectivity index (χ2n) is 15.1. The summed E-state index contributed by atoms with van der Waals surface area (Å²) < 4.78 is 0. The van der Waals surface area contributed by atoms with Crippen LogP contribution in [0, 0.1) is 0 Å². The van der Waals surface area contributed by atoms with Gasteiger partial charge in [0.1, 0.15) is 0 Å². The minimum atomic E-state index is 0.399. The molecule has 0 aromatic carbocycles. The molecule has 0 aliphatic heterocycles. The van der Waals surface area contributed by atoms with Crippen LogP contribution >= 0.6 is 0 Å². The van der Waals surface area contributed by atoms with E-state index in [0.717, 1.165) is 6.54 Å². The minimum absolute atomic E-state index is 0.399. The molecule has 0 atom stereocenters. The highest BCUT2D eigenvalue weighted by Gasteiger charge is 2.30. The lowest BCUT2D eigenvalue weighted by atomic mass is 9.80. The Hall–Kier alpha value is -0.600. The van der Waals surface area contributed by atoms with E-state index in [1.807, 2.05) is 0 Å². The molecule has 0 amide bonds. The fourth-order valence-corrected chi connectivity index (χ4v) is 7.22. The second-order valence-corrected chi connectivity index (χ2v) is 15.1. The number of unbranched alkanes of at least 4 members (excludes halogenated alkanes) is 26. The average Bonchev–Trinajstić information content (AvgIpc) is 3.05. The van der Waals surface area contributed by atoms with Crippen LogP contribution in [0.1, 0.15) is 232 Å². The summed E-state index contributed by atoms with van der Waals surface area (Å²) in [5.74, 6) is 0. The maximum atomic E-state index is 5.83. The van der Waals surface area contributed by atoms with Gasteiger partial charge in [-0.2, -0.15) is 0 Å². The molecule has 2 nitrogen and oxygen atoms in total. The van der Waals surface area contributed by atoms with E-state index in [4.69, 9.17) is 5.73 Å². The van der Waals surface area contributed by atoms with Crippen LogP contribution in [0.2, 0.25) is 0 Å². The molecule has 0 spiro atoms. The van der Waals surface area contributed by atoms with Crippen LogP contribution in [0.15, 0.2) is 24.3 Å². The van der Waals surface area contributed by atoms with E-state index in [-0.39, 0.29) is 0 Å². The van der Waals surface area contributed by atoms with Crippen molar-refractivity contribution in [3.8, 4) is 0 Å². The quantitative estimate of drug-likeness (QED) is 0.0535. The van der Waals surface area contributed by atoms with Crippen molar-refractivity contribution in [3.63, 3.8) is 0 Å². The predicted molar refractivity (Wildman–Crippen MR) is 212 cm³/mol. The lowest BCUT2D eigenvalue weighted by molar-refractivity contribution is 0.104. The number of rotatable bonds is 38. The van der Waals surface area contributed by atoms with Crippen LogP contribution in [-0.4, -0.2) is 31.1 Å². The summed E-state index contributed by atoms with van der Waals surface area (Å²) in [6.45, 7) is 5.44. The molecule has 46 heavy (non-hydrogen) atoms. The molecule has 0 saturated heterocycles. The molecule has 0 radical (unpaired) electrons. The molecule has 0 fully saturated rings. The predicted octanol–water partition coefficient (Wildman–Crippen LogP) is 14.7. The third-order valence-corrected chi connectivity index (χ3v) is 10.6. The smallest absolute Gasteiger partial charge is 0.0203 e. The van der Waals surface area contributed by atoms with E-state index in [2.05, 4.69) is 57.1 Å². The van der Waals surface area contributed by atoms with Gasteiger partial charge in [-0.05, 0) is 97.7 Å². The van der Waals surface area contributed by atoms with Crippen molar-refractivity contribution < 1.29 is 0 Å². The highest BCUT2D eigenvalue weighted by atomic mass is 15.1. The Bertz CT molecular complexity index is 579. The van der Waals surface area contributed by atoms with Gasteiger partial charge in [-0.25, -0.2) is 0 Å². The number of nitrogens with two attached hydrogens (primary N) is 1. The first-order chi connectivity index (χ1) is 22.6. The molecule has 0 bridgehead atoms. The van der Waals surface area contributed by atoms with Gasteiger partial charge in [0.15, 0.2) is 0 Å². The van der Waals surface area contributed by atoms with Gasteiger partial charge in [0.05, 0.1) is 0 Å². The van der Waals surface area contributed by atoms with Gasteiger partial charge in [0, 0.05) is 5.54 Å². The van der Waals surface area contributed by atoms with Gasteiger partial charge < -0.3 is 10.6 Å². The molecular weight excluding hydrogens is 556 g/mol. The summed E-state index contributed by atoms with van der Waals surface area (Å²) in [4.78, 5) is 2.62. The molecule has 2 heteroatoms. The first-order valence-corrected chi connectivity index (χ1v) is 21.3. The highest BCUT2D eigenvalue weighted by Crippen LogP contribution is 2.33. The van der Waals surface area contributed by atoms with Crippen LogP contribution in [0.25, 0.3) is 0 Å². The molecule has 0 aliphatic rings. The van der Waals surface area contributed by atoms with Crippen molar-refractivity contribution >= 4 is 0 Å². The standard InChI is InChI=1S/C44H88N2/c1-5-7-9-11-13-15-17-19-21-23-25-27-29-31-33-36-40-44(46(3)4,42-38-35-39-43-45)41-37-34-32-30-28-26-24-22-20-18-16-14-12-10-8-6-2/h19-22H,5-18,23-43,45H2,1-4H3/b21-19-,22-20-. The summed E-state index contributed by atoms with van der Waals surface area (Å²) in [5, 5.41) is 0. The van der Waals surface area contributed by atoms with Crippen molar-refractivity contribution in [3.05, 3.63) is 24.3 Å². The van der Waals surface area contributed by atoms with Gasteiger partial charge in [0.25, 0.3) is 0 Å². The van der Waals surface area contributed by atoms with Crippen molar-refractivity contribution in [2.75, 3.05) is 20.6 Å².